The van der Waals surface area contributed by atoms with E-state index in [1.807, 2.05) is 6.92 Å². The van der Waals surface area contributed by atoms with Gasteiger partial charge in [0.1, 0.15) is 4.60 Å². The molecular formula is C11H18BrN3. The molecule has 1 aliphatic carbocycles. The number of halogens is 1. The molecule has 0 unspecified atom stereocenters. The van der Waals surface area contributed by atoms with Gasteiger partial charge >= 0.3 is 0 Å². The fourth-order valence-corrected chi connectivity index (χ4v) is 3.07. The van der Waals surface area contributed by atoms with E-state index in [0.717, 1.165) is 22.8 Å². The highest BCUT2D eigenvalue weighted by atomic mass is 79.9. The first-order valence-electron chi connectivity index (χ1n) is 5.62. The summed E-state index contributed by atoms with van der Waals surface area (Å²) in [6.45, 7) is 2.87. The first kappa shape index (κ1) is 11.1. The lowest BCUT2D eigenvalue weighted by atomic mass is 9.86. The largest absolute Gasteiger partial charge is 0.330 e. The molecule has 0 aliphatic heterocycles. The average Bonchev–Trinajstić information content (AvgIpc) is 2.58. The molecule has 0 spiro atoms. The van der Waals surface area contributed by atoms with E-state index in [-0.39, 0.29) is 0 Å². The van der Waals surface area contributed by atoms with Crippen LogP contribution in [0, 0.1) is 12.8 Å². The van der Waals surface area contributed by atoms with Gasteiger partial charge in [0.15, 0.2) is 0 Å². The second-order valence-electron chi connectivity index (χ2n) is 4.46. The van der Waals surface area contributed by atoms with E-state index in [1.165, 1.54) is 25.7 Å². The molecule has 1 fully saturated rings. The van der Waals surface area contributed by atoms with Crippen LogP contribution in [0.1, 0.15) is 37.4 Å². The van der Waals surface area contributed by atoms with Crippen molar-refractivity contribution in [3.05, 3.63) is 16.4 Å². The summed E-state index contributed by atoms with van der Waals surface area (Å²) in [7, 11) is 0. The molecule has 1 aliphatic rings. The fraction of sp³-hybridized carbons (Fsp3) is 0.727. The maximum atomic E-state index is 5.69. The van der Waals surface area contributed by atoms with Gasteiger partial charge in [0.2, 0.25) is 0 Å². The Kier molecular flexibility index (Phi) is 3.46. The second-order valence-corrected chi connectivity index (χ2v) is 5.28. The molecule has 3 nitrogen and oxygen atoms in total. The van der Waals surface area contributed by atoms with Crippen molar-refractivity contribution in [2.75, 3.05) is 6.54 Å². The molecular weight excluding hydrogens is 254 g/mol. The number of hydrogen-bond donors (Lipinski definition) is 1. The van der Waals surface area contributed by atoms with Gasteiger partial charge in [-0.3, -0.25) is 4.68 Å². The van der Waals surface area contributed by atoms with Crippen molar-refractivity contribution >= 4 is 15.9 Å². The maximum absolute atomic E-state index is 5.69. The monoisotopic (exact) mass is 271 g/mol. The summed E-state index contributed by atoms with van der Waals surface area (Å²) in [6.07, 6.45) is 4.90. The summed E-state index contributed by atoms with van der Waals surface area (Å²) < 4.78 is 3.23. The first-order chi connectivity index (χ1) is 7.20. The molecule has 0 aromatic carbocycles. The molecule has 1 aromatic rings. The zero-order valence-corrected chi connectivity index (χ0v) is 10.7. The van der Waals surface area contributed by atoms with Crippen LogP contribution < -0.4 is 5.73 Å². The molecule has 0 bridgehead atoms. The number of nitrogens with two attached hydrogens (primary N) is 1. The second kappa shape index (κ2) is 4.66. The Morgan fingerprint density at radius 1 is 1.47 bits per heavy atom. The van der Waals surface area contributed by atoms with Gasteiger partial charge in [-0.15, -0.1) is 0 Å². The third-order valence-electron chi connectivity index (χ3n) is 3.31. The summed E-state index contributed by atoms with van der Waals surface area (Å²) in [5.41, 5.74) is 6.78. The number of nitrogens with zero attached hydrogens (tertiary/aromatic N) is 2. The van der Waals surface area contributed by atoms with E-state index in [4.69, 9.17) is 5.73 Å². The molecule has 2 rings (SSSR count). The predicted molar refractivity (Wildman–Crippen MR) is 64.7 cm³/mol. The molecule has 15 heavy (non-hydrogen) atoms. The third-order valence-corrected chi connectivity index (χ3v) is 3.90. The lowest BCUT2D eigenvalue weighted by molar-refractivity contribution is 0.262. The molecule has 1 saturated carbocycles. The van der Waals surface area contributed by atoms with Crippen molar-refractivity contribution in [3.63, 3.8) is 0 Å². The van der Waals surface area contributed by atoms with Gasteiger partial charge in [-0.1, -0.05) is 0 Å². The van der Waals surface area contributed by atoms with Crippen LogP contribution in [0.4, 0.5) is 0 Å². The lowest BCUT2D eigenvalue weighted by Crippen LogP contribution is -2.23. The quantitative estimate of drug-likeness (QED) is 0.899. The number of aryl methyl sites for hydroxylation is 1. The fourth-order valence-electron chi connectivity index (χ4n) is 2.37. The van der Waals surface area contributed by atoms with Gasteiger partial charge in [-0.05, 0) is 67.1 Å². The van der Waals surface area contributed by atoms with Crippen LogP contribution >= 0.6 is 15.9 Å². The Bertz CT molecular complexity index is 327. The van der Waals surface area contributed by atoms with E-state index >= 15 is 0 Å². The first-order valence-corrected chi connectivity index (χ1v) is 6.41. The molecule has 1 heterocycles. The zero-order chi connectivity index (χ0) is 10.8. The van der Waals surface area contributed by atoms with E-state index in [2.05, 4.69) is 31.8 Å². The summed E-state index contributed by atoms with van der Waals surface area (Å²) in [5.74, 6) is 0.733. The number of rotatable bonds is 2. The average molecular weight is 272 g/mol. The SMILES string of the molecule is Cc1cc(Br)n(C2CCC(CN)CC2)n1. The van der Waals surface area contributed by atoms with Crippen LogP contribution in [0.25, 0.3) is 0 Å². The van der Waals surface area contributed by atoms with Crippen molar-refractivity contribution in [1.82, 2.24) is 9.78 Å². The summed E-state index contributed by atoms with van der Waals surface area (Å²) in [6, 6.07) is 2.64. The number of aromatic nitrogens is 2. The van der Waals surface area contributed by atoms with E-state index in [0.29, 0.717) is 6.04 Å². The van der Waals surface area contributed by atoms with Crippen LogP contribution in [0.2, 0.25) is 0 Å². The van der Waals surface area contributed by atoms with E-state index in [9.17, 15) is 0 Å². The van der Waals surface area contributed by atoms with Gasteiger partial charge in [-0.2, -0.15) is 5.10 Å². The standard InChI is InChI=1S/C11H18BrN3/c1-8-6-11(12)15(14-8)10-4-2-9(7-13)3-5-10/h6,9-10H,2-5,7,13H2,1H3. The van der Waals surface area contributed by atoms with Crippen molar-refractivity contribution < 1.29 is 0 Å². The summed E-state index contributed by atoms with van der Waals surface area (Å²) in [5, 5.41) is 4.52. The minimum absolute atomic E-state index is 0.566. The van der Waals surface area contributed by atoms with Crippen molar-refractivity contribution in [1.29, 1.82) is 0 Å². The van der Waals surface area contributed by atoms with E-state index < -0.39 is 0 Å². The van der Waals surface area contributed by atoms with Gasteiger partial charge in [0.05, 0.1) is 11.7 Å². The molecule has 2 N–H and O–H groups in total. The third kappa shape index (κ3) is 2.42. The highest BCUT2D eigenvalue weighted by Crippen LogP contribution is 2.33. The minimum Gasteiger partial charge on any atom is -0.330 e. The smallest absolute Gasteiger partial charge is 0.104 e. The molecule has 0 amide bonds. The molecule has 4 heteroatoms. The van der Waals surface area contributed by atoms with Crippen molar-refractivity contribution in [3.8, 4) is 0 Å². The van der Waals surface area contributed by atoms with Gasteiger partial charge < -0.3 is 5.73 Å². The van der Waals surface area contributed by atoms with Crippen LogP contribution in [0.3, 0.4) is 0 Å². The Morgan fingerprint density at radius 2 is 2.13 bits per heavy atom. The minimum atomic E-state index is 0.566. The van der Waals surface area contributed by atoms with Crippen molar-refractivity contribution in [2.24, 2.45) is 11.7 Å². The zero-order valence-electron chi connectivity index (χ0n) is 9.12. The molecule has 84 valence electrons. The molecule has 0 saturated heterocycles. The lowest BCUT2D eigenvalue weighted by Gasteiger charge is -2.28. The Hall–Kier alpha value is -0.350. The predicted octanol–water partition coefficient (Wildman–Crippen LogP) is 2.64. The molecule has 1 aromatic heterocycles. The van der Waals surface area contributed by atoms with Crippen LogP contribution in [-0.4, -0.2) is 16.3 Å². The number of hydrogen-bond acceptors (Lipinski definition) is 2. The summed E-state index contributed by atoms with van der Waals surface area (Å²) in [4.78, 5) is 0. The highest BCUT2D eigenvalue weighted by molar-refractivity contribution is 9.10. The van der Waals surface area contributed by atoms with Gasteiger partial charge in [-0.25, -0.2) is 0 Å². The maximum Gasteiger partial charge on any atom is 0.104 e. The van der Waals surface area contributed by atoms with E-state index in [1.54, 1.807) is 0 Å². The van der Waals surface area contributed by atoms with Gasteiger partial charge in [0.25, 0.3) is 0 Å². The Balaban J connectivity index is 2.04. The van der Waals surface area contributed by atoms with Crippen LogP contribution in [-0.2, 0) is 0 Å². The van der Waals surface area contributed by atoms with Crippen LogP contribution in [0.5, 0.6) is 0 Å². The van der Waals surface area contributed by atoms with Crippen LogP contribution in [0.15, 0.2) is 10.7 Å². The topological polar surface area (TPSA) is 43.8 Å². The molecule has 0 radical (unpaired) electrons. The summed E-state index contributed by atoms with van der Waals surface area (Å²) >= 11 is 3.56. The van der Waals surface area contributed by atoms with Crippen molar-refractivity contribution in [2.45, 2.75) is 38.6 Å². The highest BCUT2D eigenvalue weighted by Gasteiger charge is 2.23. The molecule has 0 atom stereocenters. The Morgan fingerprint density at radius 3 is 2.60 bits per heavy atom. The normalized spacial score (nSPS) is 26.9. The van der Waals surface area contributed by atoms with Gasteiger partial charge in [0, 0.05) is 0 Å². The Labute approximate surface area is 99.2 Å².